The van der Waals surface area contributed by atoms with Crippen LogP contribution in [-0.2, 0) is 6.54 Å². The molecule has 1 aromatic carbocycles. The minimum Gasteiger partial charge on any atom is -0.451 e. The molecule has 0 aliphatic carbocycles. The maximum absolute atomic E-state index is 12.4. The summed E-state index contributed by atoms with van der Waals surface area (Å²) in [5.74, 6) is 0.900. The van der Waals surface area contributed by atoms with E-state index in [9.17, 15) is 4.79 Å². The number of hydrogen-bond acceptors (Lipinski definition) is 4. The Morgan fingerprint density at radius 1 is 1.24 bits per heavy atom. The van der Waals surface area contributed by atoms with Gasteiger partial charge in [0, 0.05) is 36.1 Å². The van der Waals surface area contributed by atoms with Gasteiger partial charge in [0.2, 0.25) is 0 Å². The number of aromatic nitrogens is 3. The van der Waals surface area contributed by atoms with Gasteiger partial charge in [0.05, 0.1) is 0 Å². The summed E-state index contributed by atoms with van der Waals surface area (Å²) in [5, 5.41) is 3.84. The first kappa shape index (κ1) is 15.1. The fourth-order valence-corrected chi connectivity index (χ4v) is 2.72. The number of nitrogens with zero attached hydrogens (tertiary/aromatic N) is 3. The fourth-order valence-electron chi connectivity index (χ4n) is 2.72. The van der Waals surface area contributed by atoms with Gasteiger partial charge < -0.3 is 9.73 Å². The third-order valence-corrected chi connectivity index (χ3v) is 4.08. The summed E-state index contributed by atoms with van der Waals surface area (Å²) >= 11 is 0. The third kappa shape index (κ3) is 2.89. The van der Waals surface area contributed by atoms with Crippen molar-refractivity contribution in [3.63, 3.8) is 0 Å². The van der Waals surface area contributed by atoms with Crippen LogP contribution in [0.5, 0.6) is 0 Å². The molecule has 4 aromatic rings. The lowest BCUT2D eigenvalue weighted by Gasteiger charge is -2.05. The van der Waals surface area contributed by atoms with E-state index in [4.69, 9.17) is 4.42 Å². The number of imidazole rings is 1. The molecular formula is C19H16N4O2. The number of carbonyl (C=O) groups excluding carboxylic acids is 1. The van der Waals surface area contributed by atoms with Crippen molar-refractivity contribution >= 4 is 16.9 Å². The number of pyridine rings is 1. The van der Waals surface area contributed by atoms with Gasteiger partial charge >= 0.3 is 0 Å². The molecule has 25 heavy (non-hydrogen) atoms. The molecule has 0 unspecified atom stereocenters. The zero-order valence-corrected chi connectivity index (χ0v) is 13.6. The van der Waals surface area contributed by atoms with Crippen molar-refractivity contribution in [1.29, 1.82) is 0 Å². The van der Waals surface area contributed by atoms with Crippen LogP contribution in [0.4, 0.5) is 0 Å². The third-order valence-electron chi connectivity index (χ3n) is 4.08. The second-order valence-corrected chi connectivity index (χ2v) is 5.73. The Kier molecular flexibility index (Phi) is 3.78. The van der Waals surface area contributed by atoms with Crippen molar-refractivity contribution < 1.29 is 9.21 Å². The molecule has 0 atom stereocenters. The van der Waals surface area contributed by atoms with Crippen LogP contribution in [0, 0.1) is 6.92 Å². The molecule has 4 rings (SSSR count). The molecule has 0 radical (unpaired) electrons. The van der Waals surface area contributed by atoms with Crippen molar-refractivity contribution in [2.45, 2.75) is 13.5 Å². The number of amides is 1. The zero-order valence-electron chi connectivity index (χ0n) is 13.6. The minimum absolute atomic E-state index is 0.229. The number of rotatable bonds is 4. The van der Waals surface area contributed by atoms with E-state index in [0.717, 1.165) is 27.9 Å². The van der Waals surface area contributed by atoms with Gasteiger partial charge in [-0.3, -0.25) is 9.36 Å². The van der Waals surface area contributed by atoms with E-state index in [0.29, 0.717) is 12.3 Å². The molecule has 124 valence electrons. The highest BCUT2D eigenvalue weighted by Crippen LogP contribution is 2.24. The summed E-state index contributed by atoms with van der Waals surface area (Å²) < 4.78 is 7.50. The topological polar surface area (TPSA) is 73.0 Å². The summed E-state index contributed by atoms with van der Waals surface area (Å²) in [4.78, 5) is 20.8. The molecule has 0 aliphatic heterocycles. The molecular weight excluding hydrogens is 316 g/mol. The number of benzene rings is 1. The van der Waals surface area contributed by atoms with Gasteiger partial charge in [0.15, 0.2) is 5.76 Å². The Labute approximate surface area is 144 Å². The van der Waals surface area contributed by atoms with Crippen molar-refractivity contribution in [1.82, 2.24) is 19.9 Å². The van der Waals surface area contributed by atoms with E-state index in [-0.39, 0.29) is 5.91 Å². The lowest BCUT2D eigenvalue weighted by atomic mass is 10.1. The Morgan fingerprint density at radius 2 is 2.12 bits per heavy atom. The molecule has 3 heterocycles. The number of carbonyl (C=O) groups is 1. The van der Waals surface area contributed by atoms with E-state index in [1.807, 2.05) is 54.1 Å². The standard InChI is InChI=1S/C19H16N4O2/c1-13-15-4-2-3-5-16(15)25-18(13)19(24)22-11-14-6-7-17(21-10-14)23-9-8-20-12-23/h2-10,12H,11H2,1H3,(H,22,24). The minimum atomic E-state index is -0.229. The predicted molar refractivity (Wildman–Crippen MR) is 93.5 cm³/mol. The van der Waals surface area contributed by atoms with Gasteiger partial charge in [0.25, 0.3) is 5.91 Å². The number of hydrogen-bond donors (Lipinski definition) is 1. The Hall–Kier alpha value is -3.41. The average molecular weight is 332 g/mol. The summed E-state index contributed by atoms with van der Waals surface area (Å²) in [5.41, 5.74) is 2.48. The van der Waals surface area contributed by atoms with Crippen LogP contribution < -0.4 is 5.32 Å². The molecule has 1 N–H and O–H groups in total. The second kappa shape index (κ2) is 6.24. The van der Waals surface area contributed by atoms with Crippen molar-refractivity contribution in [2.24, 2.45) is 0 Å². The van der Waals surface area contributed by atoms with E-state index >= 15 is 0 Å². The Morgan fingerprint density at radius 3 is 2.84 bits per heavy atom. The average Bonchev–Trinajstić information content (AvgIpc) is 3.29. The van der Waals surface area contributed by atoms with Crippen LogP contribution in [0.15, 0.2) is 65.7 Å². The summed E-state index contributed by atoms with van der Waals surface area (Å²) in [6.07, 6.45) is 6.95. The molecule has 0 saturated carbocycles. The molecule has 6 heteroatoms. The molecule has 3 aromatic heterocycles. The molecule has 0 fully saturated rings. The SMILES string of the molecule is Cc1c(C(=O)NCc2ccc(-n3ccnc3)nc2)oc2ccccc12. The molecule has 1 amide bonds. The molecule has 0 spiro atoms. The first-order chi connectivity index (χ1) is 12.2. The smallest absolute Gasteiger partial charge is 0.287 e. The second-order valence-electron chi connectivity index (χ2n) is 5.73. The quantitative estimate of drug-likeness (QED) is 0.622. The number of fused-ring (bicyclic) bond motifs is 1. The monoisotopic (exact) mass is 332 g/mol. The largest absolute Gasteiger partial charge is 0.451 e. The van der Waals surface area contributed by atoms with Crippen molar-refractivity contribution in [3.8, 4) is 5.82 Å². The number of nitrogens with one attached hydrogen (secondary N) is 1. The van der Waals surface area contributed by atoms with E-state index in [2.05, 4.69) is 15.3 Å². The highest BCUT2D eigenvalue weighted by Gasteiger charge is 2.16. The normalized spacial score (nSPS) is 10.9. The highest BCUT2D eigenvalue weighted by atomic mass is 16.3. The van der Waals surface area contributed by atoms with E-state index in [1.165, 1.54) is 0 Å². The van der Waals surface area contributed by atoms with Gasteiger partial charge in [-0.05, 0) is 24.6 Å². The maximum atomic E-state index is 12.4. The van der Waals surface area contributed by atoms with Crippen LogP contribution in [0.3, 0.4) is 0 Å². The van der Waals surface area contributed by atoms with Crippen LogP contribution >= 0.6 is 0 Å². The van der Waals surface area contributed by atoms with Gasteiger partial charge in [-0.15, -0.1) is 0 Å². The number of furan rings is 1. The highest BCUT2D eigenvalue weighted by molar-refractivity contribution is 5.98. The fraction of sp³-hybridized carbons (Fsp3) is 0.105. The molecule has 0 bridgehead atoms. The number of aryl methyl sites for hydroxylation is 1. The van der Waals surface area contributed by atoms with Crippen molar-refractivity contribution in [3.05, 3.63) is 78.2 Å². The van der Waals surface area contributed by atoms with Gasteiger partial charge in [0.1, 0.15) is 17.7 Å². The Balaban J connectivity index is 1.47. The summed E-state index contributed by atoms with van der Waals surface area (Å²) in [7, 11) is 0. The lowest BCUT2D eigenvalue weighted by molar-refractivity contribution is 0.0924. The first-order valence-electron chi connectivity index (χ1n) is 7.92. The zero-order chi connectivity index (χ0) is 17.2. The van der Waals surface area contributed by atoms with E-state index < -0.39 is 0 Å². The van der Waals surface area contributed by atoms with Crippen LogP contribution in [0.2, 0.25) is 0 Å². The predicted octanol–water partition coefficient (Wildman–Crippen LogP) is 3.25. The maximum Gasteiger partial charge on any atom is 0.287 e. The summed E-state index contributed by atoms with van der Waals surface area (Å²) in [6.45, 7) is 2.27. The summed E-state index contributed by atoms with van der Waals surface area (Å²) in [6, 6.07) is 11.4. The first-order valence-corrected chi connectivity index (χ1v) is 7.92. The van der Waals surface area contributed by atoms with Gasteiger partial charge in [-0.2, -0.15) is 0 Å². The Bertz CT molecular complexity index is 1020. The molecule has 0 saturated heterocycles. The van der Waals surface area contributed by atoms with Gasteiger partial charge in [-0.1, -0.05) is 24.3 Å². The van der Waals surface area contributed by atoms with Crippen LogP contribution in [0.25, 0.3) is 16.8 Å². The van der Waals surface area contributed by atoms with Crippen LogP contribution in [0.1, 0.15) is 21.7 Å². The van der Waals surface area contributed by atoms with Crippen molar-refractivity contribution in [2.75, 3.05) is 0 Å². The lowest BCUT2D eigenvalue weighted by Crippen LogP contribution is -2.23. The van der Waals surface area contributed by atoms with E-state index in [1.54, 1.807) is 18.7 Å². The molecule has 0 aliphatic rings. The number of para-hydroxylation sites is 1. The van der Waals surface area contributed by atoms with Gasteiger partial charge in [-0.25, -0.2) is 9.97 Å². The molecule has 6 nitrogen and oxygen atoms in total. The van der Waals surface area contributed by atoms with Crippen LogP contribution in [-0.4, -0.2) is 20.4 Å².